The van der Waals surface area contributed by atoms with Gasteiger partial charge in [0.05, 0.1) is 7.11 Å². The van der Waals surface area contributed by atoms with Crippen LogP contribution in [0.2, 0.25) is 18.1 Å². The summed E-state index contributed by atoms with van der Waals surface area (Å²) in [7, 11) is -0.661. The molecule has 0 aliphatic carbocycles. The van der Waals surface area contributed by atoms with Crippen molar-refractivity contribution in [3.05, 3.63) is 35.6 Å². The highest BCUT2D eigenvalue weighted by Gasteiger charge is 2.37. The molecular weight excluding hydrogens is 341 g/mol. The second-order valence-corrected chi connectivity index (χ2v) is 12.3. The van der Waals surface area contributed by atoms with Crippen LogP contribution < -0.4 is 5.32 Å². The Bertz CT molecular complexity index is 596. The van der Waals surface area contributed by atoms with Crippen LogP contribution in [0, 0.1) is 5.82 Å². The van der Waals surface area contributed by atoms with Crippen molar-refractivity contribution in [2.75, 3.05) is 13.7 Å². The van der Waals surface area contributed by atoms with Gasteiger partial charge in [-0.1, -0.05) is 20.8 Å². The number of halogens is 1. The smallest absolute Gasteiger partial charge is 0.328 e. The van der Waals surface area contributed by atoms with Crippen LogP contribution in [-0.4, -0.2) is 40.0 Å². The largest absolute Gasteiger partial charge is 0.467 e. The molecule has 0 saturated heterocycles. The Hall–Kier alpha value is -1.73. The van der Waals surface area contributed by atoms with Crippen molar-refractivity contribution < 1.29 is 23.1 Å². The Morgan fingerprint density at radius 2 is 1.76 bits per heavy atom. The predicted octanol–water partition coefficient (Wildman–Crippen LogP) is 3.51. The number of amides is 1. The number of rotatable bonds is 7. The van der Waals surface area contributed by atoms with Crippen molar-refractivity contribution in [2.45, 2.75) is 51.4 Å². The molecule has 1 aromatic rings. The van der Waals surface area contributed by atoms with Gasteiger partial charge in [-0.25, -0.2) is 9.18 Å². The molecular formula is C18H28FNO4Si. The van der Waals surface area contributed by atoms with Gasteiger partial charge < -0.3 is 14.5 Å². The fraction of sp³-hybridized carbons (Fsp3) is 0.556. The van der Waals surface area contributed by atoms with Gasteiger partial charge in [-0.05, 0) is 42.4 Å². The Kier molecular flexibility index (Phi) is 7.31. The Labute approximate surface area is 150 Å². The zero-order valence-corrected chi connectivity index (χ0v) is 16.8. The number of benzene rings is 1. The molecule has 1 N–H and O–H groups in total. The molecule has 1 aromatic carbocycles. The lowest BCUT2D eigenvalue weighted by molar-refractivity contribution is -0.143. The average molecular weight is 370 g/mol. The average Bonchev–Trinajstić information content (AvgIpc) is 2.52. The fourth-order valence-electron chi connectivity index (χ4n) is 1.88. The number of carbonyl (C=O) groups excluding carboxylic acids is 2. The molecule has 7 heteroatoms. The monoisotopic (exact) mass is 369 g/mol. The number of nitrogens with one attached hydrogen (secondary N) is 1. The maximum Gasteiger partial charge on any atom is 0.328 e. The van der Waals surface area contributed by atoms with Gasteiger partial charge >= 0.3 is 5.97 Å². The highest BCUT2D eigenvalue weighted by molar-refractivity contribution is 6.74. The van der Waals surface area contributed by atoms with E-state index in [4.69, 9.17) is 9.16 Å². The van der Waals surface area contributed by atoms with E-state index in [9.17, 15) is 14.0 Å². The minimum Gasteiger partial charge on any atom is -0.467 e. The van der Waals surface area contributed by atoms with Gasteiger partial charge in [0.1, 0.15) is 11.9 Å². The first-order valence-electron chi connectivity index (χ1n) is 8.26. The third-order valence-corrected chi connectivity index (χ3v) is 9.11. The van der Waals surface area contributed by atoms with Crippen LogP contribution in [0.5, 0.6) is 0 Å². The highest BCUT2D eigenvalue weighted by atomic mass is 28.4. The van der Waals surface area contributed by atoms with Crippen molar-refractivity contribution in [2.24, 2.45) is 0 Å². The fourth-order valence-corrected chi connectivity index (χ4v) is 2.94. The van der Waals surface area contributed by atoms with Crippen molar-refractivity contribution in [1.29, 1.82) is 0 Å². The van der Waals surface area contributed by atoms with E-state index < -0.39 is 32.1 Å². The van der Waals surface area contributed by atoms with E-state index in [-0.39, 0.29) is 10.6 Å². The number of hydrogen-bond donors (Lipinski definition) is 1. The van der Waals surface area contributed by atoms with Gasteiger partial charge in [0.25, 0.3) is 5.91 Å². The predicted molar refractivity (Wildman–Crippen MR) is 97.4 cm³/mol. The molecule has 0 heterocycles. The summed E-state index contributed by atoms with van der Waals surface area (Å²) in [6, 6.07) is 4.31. The second-order valence-electron chi connectivity index (χ2n) is 7.45. The summed E-state index contributed by atoms with van der Waals surface area (Å²) < 4.78 is 23.8. The Morgan fingerprint density at radius 1 is 1.20 bits per heavy atom. The lowest BCUT2D eigenvalue weighted by atomic mass is 10.1. The van der Waals surface area contributed by atoms with Gasteiger partial charge in [0.15, 0.2) is 8.32 Å². The Balaban J connectivity index is 2.70. The molecule has 5 nitrogen and oxygen atoms in total. The van der Waals surface area contributed by atoms with Gasteiger partial charge in [0, 0.05) is 18.6 Å². The van der Waals surface area contributed by atoms with Crippen molar-refractivity contribution in [1.82, 2.24) is 5.32 Å². The molecule has 1 amide bonds. The lowest BCUT2D eigenvalue weighted by Gasteiger charge is -2.36. The lowest BCUT2D eigenvalue weighted by Crippen LogP contribution is -2.45. The highest BCUT2D eigenvalue weighted by Crippen LogP contribution is 2.36. The summed E-state index contributed by atoms with van der Waals surface area (Å²) in [4.78, 5) is 24.2. The molecule has 0 fully saturated rings. The molecule has 0 spiro atoms. The minimum atomic E-state index is -1.93. The summed E-state index contributed by atoms with van der Waals surface area (Å²) in [5.41, 5.74) is 0.278. The number of methoxy groups -OCH3 is 1. The van der Waals surface area contributed by atoms with E-state index in [1.807, 2.05) is 0 Å². The molecule has 140 valence electrons. The number of carbonyl (C=O) groups is 2. The topological polar surface area (TPSA) is 64.6 Å². The number of ether oxygens (including phenoxy) is 1. The summed E-state index contributed by atoms with van der Waals surface area (Å²) >= 11 is 0. The number of hydrogen-bond acceptors (Lipinski definition) is 4. The third-order valence-electron chi connectivity index (χ3n) is 4.57. The van der Waals surface area contributed by atoms with E-state index in [0.29, 0.717) is 13.0 Å². The summed E-state index contributed by atoms with van der Waals surface area (Å²) in [5, 5.41) is 2.69. The van der Waals surface area contributed by atoms with E-state index >= 15 is 0 Å². The van der Waals surface area contributed by atoms with E-state index in [1.54, 1.807) is 0 Å². The first kappa shape index (κ1) is 21.3. The van der Waals surface area contributed by atoms with Crippen LogP contribution in [-0.2, 0) is 14.0 Å². The van der Waals surface area contributed by atoms with Gasteiger partial charge in [-0.2, -0.15) is 0 Å². The molecule has 1 atom stereocenters. The molecule has 0 saturated carbocycles. The van der Waals surface area contributed by atoms with Gasteiger partial charge in [-0.15, -0.1) is 0 Å². The third kappa shape index (κ3) is 6.25. The minimum absolute atomic E-state index is 0.0606. The van der Waals surface area contributed by atoms with Crippen LogP contribution in [0.15, 0.2) is 24.3 Å². The van der Waals surface area contributed by atoms with Crippen molar-refractivity contribution in [3.63, 3.8) is 0 Å². The number of esters is 1. The first-order chi connectivity index (χ1) is 11.5. The zero-order valence-electron chi connectivity index (χ0n) is 15.8. The van der Waals surface area contributed by atoms with Crippen molar-refractivity contribution >= 4 is 20.2 Å². The van der Waals surface area contributed by atoms with E-state index in [2.05, 4.69) is 39.2 Å². The summed E-state index contributed by atoms with van der Waals surface area (Å²) in [6.45, 7) is 11.0. The van der Waals surface area contributed by atoms with Crippen molar-refractivity contribution in [3.8, 4) is 0 Å². The first-order valence-corrected chi connectivity index (χ1v) is 11.2. The molecule has 0 aliphatic rings. The van der Waals surface area contributed by atoms with E-state index in [0.717, 1.165) is 0 Å². The Morgan fingerprint density at radius 3 is 2.24 bits per heavy atom. The van der Waals surface area contributed by atoms with Crippen LogP contribution in [0.1, 0.15) is 37.6 Å². The molecule has 1 rings (SSSR count). The molecule has 0 unspecified atom stereocenters. The van der Waals surface area contributed by atoms with E-state index in [1.165, 1.54) is 31.4 Å². The molecule has 0 bridgehead atoms. The van der Waals surface area contributed by atoms with Crippen LogP contribution in [0.4, 0.5) is 4.39 Å². The molecule has 25 heavy (non-hydrogen) atoms. The SMILES string of the molecule is COC(=O)[C@H](CCO[Si](C)(C)C(C)(C)C)NC(=O)c1ccc(F)cc1. The van der Waals surface area contributed by atoms with Gasteiger partial charge in [-0.3, -0.25) is 4.79 Å². The standard InChI is InChI=1S/C18H28FNO4Si/c1-18(2,3)25(5,6)24-12-11-15(17(22)23-4)20-16(21)13-7-9-14(19)10-8-13/h7-10,15H,11-12H2,1-6H3,(H,20,21)/t15-/m0/s1. The summed E-state index contributed by atoms with van der Waals surface area (Å²) in [6.07, 6.45) is 0.312. The van der Waals surface area contributed by atoms with Crippen LogP contribution >= 0.6 is 0 Å². The summed E-state index contributed by atoms with van der Waals surface area (Å²) in [5.74, 6) is -1.42. The van der Waals surface area contributed by atoms with Gasteiger partial charge in [0.2, 0.25) is 0 Å². The zero-order chi connectivity index (χ0) is 19.3. The maximum absolute atomic E-state index is 13.0. The van der Waals surface area contributed by atoms with Crippen LogP contribution in [0.25, 0.3) is 0 Å². The quantitative estimate of drug-likeness (QED) is 0.590. The molecule has 0 aromatic heterocycles. The second kappa shape index (κ2) is 8.58. The maximum atomic E-state index is 13.0. The molecule has 0 radical (unpaired) electrons. The normalized spacial score (nSPS) is 13.2. The van der Waals surface area contributed by atoms with Crippen LogP contribution in [0.3, 0.4) is 0 Å². The molecule has 0 aliphatic heterocycles.